The van der Waals surface area contributed by atoms with E-state index in [1.807, 2.05) is 6.07 Å². The molecule has 16 heavy (non-hydrogen) atoms. The molecule has 1 aromatic carbocycles. The highest BCUT2D eigenvalue weighted by Crippen LogP contribution is 2.28. The third-order valence-corrected chi connectivity index (χ3v) is 2.60. The largest absolute Gasteiger partial charge is 0.492 e. The Morgan fingerprint density at radius 3 is 3.00 bits per heavy atom. The molecule has 1 aliphatic heterocycles. The van der Waals surface area contributed by atoms with E-state index in [1.165, 1.54) is 7.11 Å². The van der Waals surface area contributed by atoms with Crippen molar-refractivity contribution in [2.75, 3.05) is 13.7 Å². The molecule has 4 heteroatoms. The first kappa shape index (κ1) is 10.7. The number of ether oxygens (including phenoxy) is 2. The number of carbonyl (C=O) groups excluding carboxylic acids is 2. The Morgan fingerprint density at radius 2 is 2.25 bits per heavy atom. The highest BCUT2D eigenvalue weighted by molar-refractivity contribution is 6.02. The van der Waals surface area contributed by atoms with Crippen LogP contribution >= 0.6 is 0 Å². The number of ketones is 1. The number of hydrogen-bond acceptors (Lipinski definition) is 4. The zero-order valence-electron chi connectivity index (χ0n) is 8.93. The van der Waals surface area contributed by atoms with Gasteiger partial charge in [-0.3, -0.25) is 9.59 Å². The Kier molecular flexibility index (Phi) is 2.90. The Morgan fingerprint density at radius 1 is 1.50 bits per heavy atom. The Balaban J connectivity index is 2.18. The number of esters is 1. The molecule has 0 amide bonds. The quantitative estimate of drug-likeness (QED) is 0.708. The van der Waals surface area contributed by atoms with Gasteiger partial charge in [-0.1, -0.05) is 12.1 Å². The lowest BCUT2D eigenvalue weighted by molar-refractivity contribution is -0.141. The van der Waals surface area contributed by atoms with Gasteiger partial charge in [0.05, 0.1) is 31.6 Å². The van der Waals surface area contributed by atoms with Gasteiger partial charge in [0.2, 0.25) is 0 Å². The fraction of sp³-hybridized carbons (Fsp3) is 0.333. The SMILES string of the molecule is COC(=O)C[C@@H]1COc2ccccc2C1=O. The van der Waals surface area contributed by atoms with E-state index in [4.69, 9.17) is 4.74 Å². The molecule has 0 saturated carbocycles. The minimum atomic E-state index is -0.428. The van der Waals surface area contributed by atoms with Crippen LogP contribution in [0.5, 0.6) is 5.75 Å². The molecule has 0 N–H and O–H groups in total. The molecule has 1 aliphatic rings. The second-order valence-electron chi connectivity index (χ2n) is 3.65. The summed E-state index contributed by atoms with van der Waals surface area (Å²) < 4.78 is 9.97. The van der Waals surface area contributed by atoms with Gasteiger partial charge in [0.25, 0.3) is 0 Å². The zero-order chi connectivity index (χ0) is 11.5. The van der Waals surface area contributed by atoms with Gasteiger partial charge >= 0.3 is 5.97 Å². The van der Waals surface area contributed by atoms with Crippen LogP contribution in [0.25, 0.3) is 0 Å². The number of benzene rings is 1. The number of rotatable bonds is 2. The summed E-state index contributed by atoms with van der Waals surface area (Å²) in [7, 11) is 1.31. The smallest absolute Gasteiger partial charge is 0.306 e. The van der Waals surface area contributed by atoms with Gasteiger partial charge in [-0.15, -0.1) is 0 Å². The standard InChI is InChI=1S/C12H12O4/c1-15-11(13)6-8-7-16-10-5-3-2-4-9(10)12(8)14/h2-5,8H,6-7H2,1H3/t8-/m1/s1. The van der Waals surface area contributed by atoms with E-state index >= 15 is 0 Å². The van der Waals surface area contributed by atoms with Crippen LogP contribution in [0.4, 0.5) is 0 Å². The normalized spacial score (nSPS) is 18.6. The predicted octanol–water partition coefficient (Wildman–Crippen LogP) is 1.44. The van der Waals surface area contributed by atoms with E-state index in [9.17, 15) is 9.59 Å². The summed E-state index contributed by atoms with van der Waals surface area (Å²) in [5, 5.41) is 0. The topological polar surface area (TPSA) is 52.6 Å². The monoisotopic (exact) mass is 220 g/mol. The number of hydrogen-bond donors (Lipinski definition) is 0. The molecule has 0 aliphatic carbocycles. The lowest BCUT2D eigenvalue weighted by Gasteiger charge is -2.23. The third kappa shape index (κ3) is 1.91. The van der Waals surface area contributed by atoms with Gasteiger partial charge in [0.15, 0.2) is 5.78 Å². The van der Waals surface area contributed by atoms with Crippen molar-refractivity contribution in [1.29, 1.82) is 0 Å². The number of methoxy groups -OCH3 is 1. The predicted molar refractivity (Wildman–Crippen MR) is 56.4 cm³/mol. The van der Waals surface area contributed by atoms with E-state index < -0.39 is 5.92 Å². The van der Waals surface area contributed by atoms with E-state index in [2.05, 4.69) is 4.74 Å². The van der Waals surface area contributed by atoms with Crippen LogP contribution in [-0.4, -0.2) is 25.5 Å². The van der Waals surface area contributed by atoms with Crippen molar-refractivity contribution in [3.63, 3.8) is 0 Å². The van der Waals surface area contributed by atoms with Crippen molar-refractivity contribution in [1.82, 2.24) is 0 Å². The first-order valence-electron chi connectivity index (χ1n) is 5.05. The summed E-state index contributed by atoms with van der Waals surface area (Å²) >= 11 is 0. The second kappa shape index (κ2) is 4.35. The summed E-state index contributed by atoms with van der Waals surface area (Å²) in [5.74, 6) is -0.274. The average Bonchev–Trinajstić information content (AvgIpc) is 2.33. The van der Waals surface area contributed by atoms with Crippen molar-refractivity contribution >= 4 is 11.8 Å². The van der Waals surface area contributed by atoms with Crippen LogP contribution in [0.3, 0.4) is 0 Å². The van der Waals surface area contributed by atoms with E-state index in [-0.39, 0.29) is 24.8 Å². The fourth-order valence-electron chi connectivity index (χ4n) is 1.72. The zero-order valence-corrected chi connectivity index (χ0v) is 8.93. The molecule has 1 aromatic rings. The summed E-state index contributed by atoms with van der Waals surface area (Å²) in [6, 6.07) is 7.05. The molecule has 4 nitrogen and oxygen atoms in total. The molecular weight excluding hydrogens is 208 g/mol. The van der Waals surface area contributed by atoms with Crippen LogP contribution in [0.15, 0.2) is 24.3 Å². The Hall–Kier alpha value is -1.84. The maximum Gasteiger partial charge on any atom is 0.306 e. The molecule has 1 heterocycles. The van der Waals surface area contributed by atoms with Crippen LogP contribution in [0.2, 0.25) is 0 Å². The molecule has 1 atom stereocenters. The Labute approximate surface area is 93.2 Å². The van der Waals surface area contributed by atoms with Gasteiger partial charge in [0, 0.05) is 0 Å². The third-order valence-electron chi connectivity index (χ3n) is 2.60. The van der Waals surface area contributed by atoms with Crippen molar-refractivity contribution in [3.8, 4) is 5.75 Å². The maximum atomic E-state index is 12.0. The highest BCUT2D eigenvalue weighted by Gasteiger charge is 2.30. The lowest BCUT2D eigenvalue weighted by atomic mass is 9.92. The molecule has 84 valence electrons. The molecule has 0 radical (unpaired) electrons. The molecular formula is C12H12O4. The van der Waals surface area contributed by atoms with E-state index in [1.54, 1.807) is 18.2 Å². The summed E-state index contributed by atoms with van der Waals surface area (Å²) in [6.45, 7) is 0.241. The van der Waals surface area contributed by atoms with Crippen LogP contribution in [0, 0.1) is 5.92 Å². The van der Waals surface area contributed by atoms with Crippen molar-refractivity contribution in [3.05, 3.63) is 29.8 Å². The molecule has 0 bridgehead atoms. The van der Waals surface area contributed by atoms with Crippen LogP contribution in [0.1, 0.15) is 16.8 Å². The van der Waals surface area contributed by atoms with Gasteiger partial charge in [-0.2, -0.15) is 0 Å². The van der Waals surface area contributed by atoms with Crippen molar-refractivity contribution in [2.24, 2.45) is 5.92 Å². The van der Waals surface area contributed by atoms with E-state index in [0.29, 0.717) is 11.3 Å². The number of fused-ring (bicyclic) bond motifs is 1. The first-order valence-corrected chi connectivity index (χ1v) is 5.05. The molecule has 0 unspecified atom stereocenters. The molecule has 0 saturated heterocycles. The van der Waals surface area contributed by atoms with Gasteiger partial charge < -0.3 is 9.47 Å². The molecule has 2 rings (SSSR count). The summed E-state index contributed by atoms with van der Waals surface area (Å²) in [5.41, 5.74) is 0.544. The summed E-state index contributed by atoms with van der Waals surface area (Å²) in [6.07, 6.45) is 0.0731. The minimum Gasteiger partial charge on any atom is -0.492 e. The number of para-hydroxylation sites is 1. The van der Waals surface area contributed by atoms with E-state index in [0.717, 1.165) is 0 Å². The summed E-state index contributed by atoms with van der Waals surface area (Å²) in [4.78, 5) is 23.1. The fourth-order valence-corrected chi connectivity index (χ4v) is 1.72. The molecule has 0 spiro atoms. The molecule has 0 aromatic heterocycles. The average molecular weight is 220 g/mol. The molecule has 0 fully saturated rings. The first-order chi connectivity index (χ1) is 7.72. The second-order valence-corrected chi connectivity index (χ2v) is 3.65. The highest BCUT2D eigenvalue weighted by atomic mass is 16.5. The van der Waals surface area contributed by atoms with Crippen molar-refractivity contribution in [2.45, 2.75) is 6.42 Å². The van der Waals surface area contributed by atoms with Gasteiger partial charge in [0.1, 0.15) is 5.75 Å². The maximum absolute atomic E-state index is 12.0. The Bertz CT molecular complexity index is 425. The minimum absolute atomic E-state index is 0.0488. The lowest BCUT2D eigenvalue weighted by Crippen LogP contribution is -2.30. The van der Waals surface area contributed by atoms with Gasteiger partial charge in [-0.05, 0) is 12.1 Å². The number of carbonyl (C=O) groups is 2. The van der Waals surface area contributed by atoms with Crippen LogP contribution in [-0.2, 0) is 9.53 Å². The van der Waals surface area contributed by atoms with Gasteiger partial charge in [-0.25, -0.2) is 0 Å². The number of Topliss-reactive ketones (excluding diaryl/α,β-unsaturated/α-hetero) is 1. The van der Waals surface area contributed by atoms with Crippen LogP contribution < -0.4 is 4.74 Å². The van der Waals surface area contributed by atoms with Crippen molar-refractivity contribution < 1.29 is 19.1 Å².